The summed E-state index contributed by atoms with van der Waals surface area (Å²) in [6.07, 6.45) is 0. The van der Waals surface area contributed by atoms with E-state index >= 15 is 0 Å². The van der Waals surface area contributed by atoms with E-state index in [1.54, 1.807) is 37.6 Å². The quantitative estimate of drug-likeness (QED) is 0.636. The minimum absolute atomic E-state index is 0.0852. The van der Waals surface area contributed by atoms with Gasteiger partial charge in [-0.05, 0) is 63.6 Å². The Bertz CT molecular complexity index is 1170. The standard InChI is InChI=1S/C20H20BrN3O3S/c1-12-5-10-18(13(2)11-12)28(26,27)23-20(25)19-14(3)22-24(15(19)4)17-8-6-16(21)7-9-17/h5-11H,1-4H3,(H,23,25). The third-order valence-electron chi connectivity index (χ3n) is 4.44. The first-order valence-corrected chi connectivity index (χ1v) is 10.8. The van der Waals surface area contributed by atoms with Gasteiger partial charge >= 0.3 is 0 Å². The Morgan fingerprint density at radius 3 is 2.29 bits per heavy atom. The van der Waals surface area contributed by atoms with Crippen molar-refractivity contribution in [3.63, 3.8) is 0 Å². The van der Waals surface area contributed by atoms with Gasteiger partial charge in [-0.1, -0.05) is 33.6 Å². The number of aromatic nitrogens is 2. The molecule has 1 aromatic heterocycles. The molecule has 0 saturated heterocycles. The van der Waals surface area contributed by atoms with Gasteiger partial charge in [0.15, 0.2) is 0 Å². The van der Waals surface area contributed by atoms with Crippen LogP contribution in [0.15, 0.2) is 51.8 Å². The highest BCUT2D eigenvalue weighted by Crippen LogP contribution is 2.21. The van der Waals surface area contributed by atoms with Crippen LogP contribution in [-0.2, 0) is 10.0 Å². The summed E-state index contributed by atoms with van der Waals surface area (Å²) in [5, 5.41) is 4.41. The number of hydrogen-bond acceptors (Lipinski definition) is 4. The molecule has 0 atom stereocenters. The van der Waals surface area contributed by atoms with Gasteiger partial charge < -0.3 is 0 Å². The molecule has 3 aromatic rings. The fourth-order valence-corrected chi connectivity index (χ4v) is 4.58. The molecule has 0 spiro atoms. The first kappa shape index (κ1) is 20.3. The van der Waals surface area contributed by atoms with Crippen LogP contribution < -0.4 is 4.72 Å². The lowest BCUT2D eigenvalue weighted by atomic mass is 10.2. The zero-order valence-electron chi connectivity index (χ0n) is 15.9. The number of rotatable bonds is 4. The van der Waals surface area contributed by atoms with Crippen LogP contribution in [-0.4, -0.2) is 24.1 Å². The number of nitrogens with zero attached hydrogens (tertiary/aromatic N) is 2. The van der Waals surface area contributed by atoms with Gasteiger partial charge in [-0.3, -0.25) is 4.79 Å². The van der Waals surface area contributed by atoms with Crippen LogP contribution in [0.25, 0.3) is 5.69 Å². The molecule has 146 valence electrons. The molecule has 0 radical (unpaired) electrons. The molecule has 28 heavy (non-hydrogen) atoms. The number of carbonyl (C=O) groups is 1. The minimum atomic E-state index is -3.99. The number of carbonyl (C=O) groups excluding carboxylic acids is 1. The number of amides is 1. The summed E-state index contributed by atoms with van der Waals surface area (Å²) >= 11 is 3.38. The summed E-state index contributed by atoms with van der Waals surface area (Å²) in [4.78, 5) is 12.9. The van der Waals surface area contributed by atoms with Crippen molar-refractivity contribution in [2.75, 3.05) is 0 Å². The SMILES string of the molecule is Cc1ccc(S(=O)(=O)NC(=O)c2c(C)nn(-c3ccc(Br)cc3)c2C)c(C)c1. The van der Waals surface area contributed by atoms with Crippen molar-refractivity contribution in [3.8, 4) is 5.69 Å². The van der Waals surface area contributed by atoms with Crippen molar-refractivity contribution in [1.29, 1.82) is 0 Å². The van der Waals surface area contributed by atoms with E-state index in [2.05, 4.69) is 25.8 Å². The Morgan fingerprint density at radius 1 is 1.04 bits per heavy atom. The van der Waals surface area contributed by atoms with Gasteiger partial charge in [-0.2, -0.15) is 5.10 Å². The highest BCUT2D eigenvalue weighted by atomic mass is 79.9. The summed E-state index contributed by atoms with van der Waals surface area (Å²) in [6, 6.07) is 12.4. The maximum Gasteiger partial charge on any atom is 0.268 e. The number of aryl methyl sites for hydroxylation is 3. The van der Waals surface area contributed by atoms with E-state index in [4.69, 9.17) is 0 Å². The third-order valence-corrected chi connectivity index (χ3v) is 6.46. The van der Waals surface area contributed by atoms with Crippen molar-refractivity contribution in [3.05, 3.63) is 75.0 Å². The summed E-state index contributed by atoms with van der Waals surface area (Å²) in [7, 11) is -3.99. The minimum Gasteiger partial charge on any atom is -0.268 e. The van der Waals surface area contributed by atoms with Gasteiger partial charge in [0.25, 0.3) is 15.9 Å². The van der Waals surface area contributed by atoms with Crippen LogP contribution in [0.2, 0.25) is 0 Å². The molecule has 0 aliphatic heterocycles. The monoisotopic (exact) mass is 461 g/mol. The van der Waals surface area contributed by atoms with Crippen molar-refractivity contribution in [2.24, 2.45) is 0 Å². The highest BCUT2D eigenvalue weighted by Gasteiger charge is 2.25. The highest BCUT2D eigenvalue weighted by molar-refractivity contribution is 9.10. The zero-order chi connectivity index (χ0) is 20.6. The van der Waals surface area contributed by atoms with Gasteiger partial charge in [0.1, 0.15) is 0 Å². The Morgan fingerprint density at radius 2 is 1.68 bits per heavy atom. The van der Waals surface area contributed by atoms with E-state index in [0.717, 1.165) is 15.7 Å². The summed E-state index contributed by atoms with van der Waals surface area (Å²) < 4.78 is 30.2. The lowest BCUT2D eigenvalue weighted by Gasteiger charge is -2.10. The third kappa shape index (κ3) is 3.88. The van der Waals surface area contributed by atoms with Crippen LogP contribution in [0.1, 0.15) is 32.9 Å². The molecule has 1 heterocycles. The van der Waals surface area contributed by atoms with E-state index in [9.17, 15) is 13.2 Å². The fraction of sp³-hybridized carbons (Fsp3) is 0.200. The first-order valence-electron chi connectivity index (χ1n) is 8.56. The zero-order valence-corrected chi connectivity index (χ0v) is 18.3. The molecule has 0 bridgehead atoms. The summed E-state index contributed by atoms with van der Waals surface area (Å²) in [6.45, 7) is 7.00. The second-order valence-electron chi connectivity index (χ2n) is 6.64. The van der Waals surface area contributed by atoms with Crippen molar-refractivity contribution < 1.29 is 13.2 Å². The topological polar surface area (TPSA) is 81.1 Å². The fourth-order valence-electron chi connectivity index (χ4n) is 3.13. The molecule has 3 rings (SSSR count). The Kier molecular flexibility index (Phi) is 5.45. The number of halogens is 1. The number of benzene rings is 2. The van der Waals surface area contributed by atoms with E-state index in [1.807, 2.05) is 31.2 Å². The van der Waals surface area contributed by atoms with Crippen LogP contribution >= 0.6 is 15.9 Å². The maximum atomic E-state index is 12.8. The second-order valence-corrected chi connectivity index (χ2v) is 9.20. The lowest BCUT2D eigenvalue weighted by molar-refractivity contribution is 0.0980. The van der Waals surface area contributed by atoms with Crippen molar-refractivity contribution >= 4 is 31.9 Å². The van der Waals surface area contributed by atoms with Crippen LogP contribution in [0.3, 0.4) is 0 Å². The summed E-state index contributed by atoms with van der Waals surface area (Å²) in [5.74, 6) is -0.696. The molecule has 1 amide bonds. The Hall–Kier alpha value is -2.45. The Labute approximate surface area is 172 Å². The van der Waals surface area contributed by atoms with Crippen LogP contribution in [0, 0.1) is 27.7 Å². The van der Waals surface area contributed by atoms with Crippen LogP contribution in [0.5, 0.6) is 0 Å². The molecule has 1 N–H and O–H groups in total. The molecule has 0 aliphatic carbocycles. The van der Waals surface area contributed by atoms with Gasteiger partial charge in [0.05, 0.1) is 27.5 Å². The Balaban J connectivity index is 1.96. The molecule has 2 aromatic carbocycles. The largest absolute Gasteiger partial charge is 0.268 e. The predicted octanol–water partition coefficient (Wildman–Crippen LogP) is 3.99. The molecule has 6 nitrogen and oxygen atoms in total. The van der Waals surface area contributed by atoms with Crippen molar-refractivity contribution in [2.45, 2.75) is 32.6 Å². The average molecular weight is 462 g/mol. The second kappa shape index (κ2) is 7.52. The molecule has 0 fully saturated rings. The van der Waals surface area contributed by atoms with E-state index in [1.165, 1.54) is 6.07 Å². The first-order chi connectivity index (χ1) is 13.1. The lowest BCUT2D eigenvalue weighted by Crippen LogP contribution is -2.31. The smallest absolute Gasteiger partial charge is 0.268 e. The summed E-state index contributed by atoms with van der Waals surface area (Å²) in [5.41, 5.74) is 3.57. The molecular formula is C20H20BrN3O3S. The van der Waals surface area contributed by atoms with Gasteiger partial charge in [0.2, 0.25) is 0 Å². The predicted molar refractivity (Wildman–Crippen MR) is 111 cm³/mol. The average Bonchev–Trinajstić information content (AvgIpc) is 2.89. The maximum absolute atomic E-state index is 12.8. The normalized spacial score (nSPS) is 11.5. The van der Waals surface area contributed by atoms with Gasteiger partial charge in [-0.25, -0.2) is 17.8 Å². The number of nitrogens with one attached hydrogen (secondary N) is 1. The van der Waals surface area contributed by atoms with E-state index in [0.29, 0.717) is 17.0 Å². The van der Waals surface area contributed by atoms with Gasteiger partial charge in [0, 0.05) is 4.47 Å². The molecule has 0 aliphatic rings. The number of sulfonamides is 1. The van der Waals surface area contributed by atoms with Gasteiger partial charge in [-0.15, -0.1) is 0 Å². The van der Waals surface area contributed by atoms with Crippen LogP contribution in [0.4, 0.5) is 0 Å². The molecule has 0 saturated carbocycles. The molecule has 0 unspecified atom stereocenters. The van der Waals surface area contributed by atoms with Crippen molar-refractivity contribution in [1.82, 2.24) is 14.5 Å². The molecule has 8 heteroatoms. The van der Waals surface area contributed by atoms with E-state index in [-0.39, 0.29) is 10.5 Å². The number of hydrogen-bond donors (Lipinski definition) is 1. The van der Waals surface area contributed by atoms with E-state index < -0.39 is 15.9 Å². The molecular weight excluding hydrogens is 442 g/mol.